The maximum absolute atomic E-state index is 10.8. The van der Waals surface area contributed by atoms with E-state index in [1.54, 1.807) is 0 Å². The molecule has 0 aliphatic carbocycles. The third-order valence-electron chi connectivity index (χ3n) is 6.33. The van der Waals surface area contributed by atoms with Gasteiger partial charge >= 0.3 is 7.60 Å². The van der Waals surface area contributed by atoms with E-state index in [9.17, 15) is 4.57 Å². The number of halogens is 1. The molecule has 0 aromatic rings. The minimum Gasteiger partial charge on any atom is -0.324 e. The molecule has 0 atom stereocenters. The van der Waals surface area contributed by atoms with Crippen molar-refractivity contribution < 1.29 is 14.4 Å². The Balaban J connectivity index is 3.03. The monoisotopic (exact) mass is 480 g/mol. The van der Waals surface area contributed by atoms with Crippen molar-refractivity contribution >= 4 is 19.2 Å². The molecule has 0 saturated carbocycles. The zero-order chi connectivity index (χ0) is 22.9. The summed E-state index contributed by atoms with van der Waals surface area (Å²) in [5.41, 5.74) is 0. The molecule has 0 rings (SSSR count). The van der Waals surface area contributed by atoms with Crippen LogP contribution in [0.2, 0.25) is 0 Å². The topological polar surface area (TPSA) is 57.5 Å². The maximum Gasteiger partial charge on any atom is 0.325 e. The molecule has 0 spiro atoms. The third kappa shape index (κ3) is 30.4. The van der Waals surface area contributed by atoms with E-state index in [-0.39, 0.29) is 6.16 Å². The molecule has 5 heteroatoms. The molecule has 3 nitrogen and oxygen atoms in total. The van der Waals surface area contributed by atoms with Crippen LogP contribution in [-0.2, 0) is 4.57 Å². The van der Waals surface area contributed by atoms with Gasteiger partial charge in [-0.1, -0.05) is 141 Å². The van der Waals surface area contributed by atoms with E-state index in [2.05, 4.69) is 0 Å². The van der Waals surface area contributed by atoms with E-state index in [1.807, 2.05) is 0 Å². The Bertz CT molecular complexity index is 387. The van der Waals surface area contributed by atoms with E-state index >= 15 is 0 Å². The first-order chi connectivity index (χ1) is 15.1. The Morgan fingerprint density at radius 1 is 0.387 bits per heavy atom. The van der Waals surface area contributed by atoms with Crippen molar-refractivity contribution in [1.82, 2.24) is 0 Å². The Morgan fingerprint density at radius 3 is 0.774 bits per heavy atom. The molecule has 0 heterocycles. The molecule has 0 fully saturated rings. The highest BCUT2D eigenvalue weighted by Crippen LogP contribution is 2.35. The second kappa shape index (κ2) is 25.1. The molecule has 0 unspecified atom stereocenters. The largest absolute Gasteiger partial charge is 0.325 e. The fourth-order valence-electron chi connectivity index (χ4n) is 4.30. The van der Waals surface area contributed by atoms with Crippen LogP contribution in [-0.4, -0.2) is 21.8 Å². The van der Waals surface area contributed by atoms with Gasteiger partial charge < -0.3 is 9.79 Å². The van der Waals surface area contributed by atoms with Gasteiger partial charge in [0, 0.05) is 12.0 Å². The lowest BCUT2D eigenvalue weighted by molar-refractivity contribution is 0.370. The summed E-state index contributed by atoms with van der Waals surface area (Å²) in [5.74, 6) is 0.830. The van der Waals surface area contributed by atoms with Gasteiger partial charge in [-0.25, -0.2) is 0 Å². The third-order valence-corrected chi connectivity index (χ3v) is 7.50. The van der Waals surface area contributed by atoms with Crippen LogP contribution >= 0.6 is 19.2 Å². The van der Waals surface area contributed by atoms with Gasteiger partial charge in [-0.3, -0.25) is 4.57 Å². The molecule has 0 aromatic carbocycles. The zero-order valence-electron chi connectivity index (χ0n) is 20.5. The van der Waals surface area contributed by atoms with Gasteiger partial charge in [0.15, 0.2) is 0 Å². The Morgan fingerprint density at radius 2 is 0.581 bits per heavy atom. The number of alkyl halides is 1. The van der Waals surface area contributed by atoms with Crippen LogP contribution < -0.4 is 0 Å². The molecule has 31 heavy (non-hydrogen) atoms. The van der Waals surface area contributed by atoms with Gasteiger partial charge in [-0.05, 0) is 12.8 Å². The van der Waals surface area contributed by atoms with E-state index in [0.29, 0.717) is 6.42 Å². The lowest BCUT2D eigenvalue weighted by Gasteiger charge is -2.05. The molecule has 0 radical (unpaired) electrons. The molecule has 0 aromatic heterocycles. The molecule has 188 valence electrons. The van der Waals surface area contributed by atoms with Crippen LogP contribution in [0.5, 0.6) is 0 Å². The van der Waals surface area contributed by atoms with Gasteiger partial charge in [0.25, 0.3) is 0 Å². The standard InChI is InChI=1S/C26H54ClO3P/c27-25-23-21-19-17-15-13-11-9-7-5-3-1-2-4-6-8-10-12-14-16-18-20-22-24-26-31(28,29)30/h1-26H2,(H2,28,29,30). The lowest BCUT2D eigenvalue weighted by atomic mass is 10.0. The molecular formula is C26H54ClO3P. The summed E-state index contributed by atoms with van der Waals surface area (Å²) in [4.78, 5) is 17.6. The fraction of sp³-hybridized carbons (Fsp3) is 1.00. The van der Waals surface area contributed by atoms with E-state index < -0.39 is 7.60 Å². The van der Waals surface area contributed by atoms with Crippen molar-refractivity contribution in [1.29, 1.82) is 0 Å². The van der Waals surface area contributed by atoms with Crippen LogP contribution in [0.3, 0.4) is 0 Å². The van der Waals surface area contributed by atoms with Crippen molar-refractivity contribution in [2.75, 3.05) is 12.0 Å². The molecule has 2 N–H and O–H groups in total. The number of hydrogen-bond donors (Lipinski definition) is 2. The average molecular weight is 481 g/mol. The Kier molecular flexibility index (Phi) is 25.4. The second-order valence-electron chi connectivity index (χ2n) is 9.56. The number of hydrogen-bond acceptors (Lipinski definition) is 1. The molecule has 0 amide bonds. The van der Waals surface area contributed by atoms with E-state index in [1.165, 1.54) is 135 Å². The Hall–Kier alpha value is 0.440. The van der Waals surface area contributed by atoms with Crippen LogP contribution in [0.25, 0.3) is 0 Å². The molecular weight excluding hydrogens is 427 g/mol. The Labute approximate surface area is 199 Å². The van der Waals surface area contributed by atoms with Gasteiger partial charge in [0.2, 0.25) is 0 Å². The molecule has 0 saturated heterocycles. The maximum atomic E-state index is 10.8. The first-order valence-electron chi connectivity index (χ1n) is 13.7. The summed E-state index contributed by atoms with van der Waals surface area (Å²) in [6, 6.07) is 0. The van der Waals surface area contributed by atoms with Gasteiger partial charge in [0.1, 0.15) is 0 Å². The van der Waals surface area contributed by atoms with Crippen LogP contribution in [0.4, 0.5) is 0 Å². The second-order valence-corrected chi connectivity index (χ2v) is 11.7. The van der Waals surface area contributed by atoms with E-state index in [0.717, 1.165) is 18.7 Å². The van der Waals surface area contributed by atoms with Crippen LogP contribution in [0.15, 0.2) is 0 Å². The van der Waals surface area contributed by atoms with Crippen molar-refractivity contribution in [3.05, 3.63) is 0 Å². The van der Waals surface area contributed by atoms with Gasteiger partial charge in [-0.2, -0.15) is 0 Å². The van der Waals surface area contributed by atoms with Crippen molar-refractivity contribution in [2.45, 2.75) is 154 Å². The molecule has 0 aliphatic rings. The lowest BCUT2D eigenvalue weighted by Crippen LogP contribution is -1.88. The van der Waals surface area contributed by atoms with Gasteiger partial charge in [0.05, 0.1) is 0 Å². The van der Waals surface area contributed by atoms with Crippen LogP contribution in [0.1, 0.15) is 154 Å². The van der Waals surface area contributed by atoms with Gasteiger partial charge in [-0.15, -0.1) is 11.6 Å². The molecule has 0 bridgehead atoms. The first kappa shape index (κ1) is 31.4. The summed E-state index contributed by atoms with van der Waals surface area (Å²) >= 11 is 5.70. The highest BCUT2D eigenvalue weighted by Gasteiger charge is 2.10. The summed E-state index contributed by atoms with van der Waals surface area (Å²) < 4.78 is 10.8. The highest BCUT2D eigenvalue weighted by molar-refractivity contribution is 7.51. The van der Waals surface area contributed by atoms with Crippen LogP contribution in [0, 0.1) is 0 Å². The minimum atomic E-state index is -3.77. The van der Waals surface area contributed by atoms with Crippen molar-refractivity contribution in [2.24, 2.45) is 0 Å². The number of rotatable bonds is 26. The highest BCUT2D eigenvalue weighted by atomic mass is 35.5. The summed E-state index contributed by atoms with van der Waals surface area (Å²) in [6.07, 6.45) is 31.8. The quantitative estimate of drug-likeness (QED) is 0.0735. The van der Waals surface area contributed by atoms with Crippen molar-refractivity contribution in [3.63, 3.8) is 0 Å². The number of unbranched alkanes of at least 4 members (excludes halogenated alkanes) is 23. The fourth-order valence-corrected chi connectivity index (χ4v) is 5.13. The predicted octanol–water partition coefficient (Wildman–Crippen LogP) is 9.77. The van der Waals surface area contributed by atoms with Crippen molar-refractivity contribution in [3.8, 4) is 0 Å². The summed E-state index contributed by atoms with van der Waals surface area (Å²) in [5, 5.41) is 0. The SMILES string of the molecule is O=P(O)(O)CCCCCCCCCCCCCCCCCCCCCCCCCCCl. The first-order valence-corrected chi connectivity index (χ1v) is 16.0. The predicted molar refractivity (Wildman–Crippen MR) is 138 cm³/mol. The normalized spacial score (nSPS) is 12.0. The zero-order valence-corrected chi connectivity index (χ0v) is 22.2. The van der Waals surface area contributed by atoms with E-state index in [4.69, 9.17) is 21.4 Å². The summed E-state index contributed by atoms with van der Waals surface area (Å²) in [7, 11) is -3.77. The molecule has 0 aliphatic heterocycles. The summed E-state index contributed by atoms with van der Waals surface area (Å²) in [6.45, 7) is 0. The average Bonchev–Trinajstić information content (AvgIpc) is 2.73. The smallest absolute Gasteiger partial charge is 0.324 e. The minimum absolute atomic E-state index is 0.0589.